The van der Waals surface area contributed by atoms with Gasteiger partial charge in [0.1, 0.15) is 0 Å². The van der Waals surface area contributed by atoms with Crippen LogP contribution in [0.4, 0.5) is 14.5 Å². The minimum absolute atomic E-state index is 0.0819. The topological polar surface area (TPSA) is 35.2 Å². The molecular formula is C12H17F2NO. The van der Waals surface area contributed by atoms with E-state index in [1.807, 2.05) is 20.8 Å². The third kappa shape index (κ3) is 3.36. The minimum atomic E-state index is -1.02. The van der Waals surface area contributed by atoms with Gasteiger partial charge in [0.15, 0.2) is 11.6 Å². The number of benzene rings is 1. The molecule has 0 aliphatic heterocycles. The monoisotopic (exact) mass is 229 g/mol. The first kappa shape index (κ1) is 12.7. The molecule has 0 bridgehead atoms. The van der Waals surface area contributed by atoms with E-state index in [1.54, 1.807) is 0 Å². The number of hydrogen-bond acceptors (Lipinski definition) is 2. The van der Waals surface area contributed by atoms with Gasteiger partial charge in [-0.05, 0) is 24.0 Å². The van der Waals surface area contributed by atoms with Crippen molar-refractivity contribution >= 4 is 5.69 Å². The summed E-state index contributed by atoms with van der Waals surface area (Å²) in [7, 11) is 0. The first-order valence-corrected chi connectivity index (χ1v) is 5.17. The van der Waals surface area contributed by atoms with Crippen molar-refractivity contribution in [2.45, 2.75) is 27.2 Å². The second kappa shape index (κ2) is 4.68. The Morgan fingerprint density at radius 1 is 1.25 bits per heavy atom. The summed E-state index contributed by atoms with van der Waals surface area (Å²) in [6, 6.07) is 2.28. The van der Waals surface area contributed by atoms with Crippen molar-refractivity contribution in [2.75, 3.05) is 12.3 Å². The first-order valence-electron chi connectivity index (χ1n) is 5.17. The average Bonchev–Trinajstić information content (AvgIpc) is 2.16. The van der Waals surface area contributed by atoms with E-state index in [4.69, 9.17) is 10.5 Å². The zero-order valence-electron chi connectivity index (χ0n) is 9.81. The second-order valence-corrected chi connectivity index (χ2v) is 4.94. The number of rotatable bonds is 3. The Kier molecular flexibility index (Phi) is 3.73. The summed E-state index contributed by atoms with van der Waals surface area (Å²) in [4.78, 5) is 0. The maximum atomic E-state index is 13.3. The van der Waals surface area contributed by atoms with Crippen molar-refractivity contribution in [3.8, 4) is 5.75 Å². The lowest BCUT2D eigenvalue weighted by atomic mass is 9.93. The molecule has 1 aromatic rings. The van der Waals surface area contributed by atoms with Crippen LogP contribution in [0.5, 0.6) is 5.75 Å². The summed E-state index contributed by atoms with van der Waals surface area (Å²) in [6.07, 6.45) is 0.738. The zero-order chi connectivity index (χ0) is 12.3. The lowest BCUT2D eigenvalue weighted by Gasteiger charge is -2.18. The maximum Gasteiger partial charge on any atom is 0.202 e. The molecule has 1 aromatic carbocycles. The highest BCUT2D eigenvalue weighted by atomic mass is 19.2. The largest absolute Gasteiger partial charge is 0.488 e. The van der Waals surface area contributed by atoms with Crippen molar-refractivity contribution in [1.82, 2.24) is 0 Å². The predicted octanol–water partition coefficient (Wildman–Crippen LogP) is 3.36. The van der Waals surface area contributed by atoms with Crippen molar-refractivity contribution < 1.29 is 13.5 Å². The maximum absolute atomic E-state index is 13.3. The highest BCUT2D eigenvalue weighted by Gasteiger charge is 2.15. The van der Waals surface area contributed by atoms with Gasteiger partial charge >= 0.3 is 0 Å². The van der Waals surface area contributed by atoms with Crippen LogP contribution in [-0.4, -0.2) is 6.61 Å². The number of hydrogen-bond donors (Lipinski definition) is 1. The molecule has 90 valence electrons. The molecule has 0 aliphatic rings. The molecule has 0 heterocycles. The number of nitrogens with two attached hydrogens (primary N) is 1. The molecule has 0 atom stereocenters. The van der Waals surface area contributed by atoms with E-state index in [0.717, 1.165) is 12.5 Å². The van der Waals surface area contributed by atoms with Crippen LogP contribution in [0.2, 0.25) is 0 Å². The highest BCUT2D eigenvalue weighted by molar-refractivity contribution is 5.53. The van der Waals surface area contributed by atoms with E-state index in [-0.39, 0.29) is 16.9 Å². The van der Waals surface area contributed by atoms with Crippen LogP contribution in [0, 0.1) is 17.0 Å². The predicted molar refractivity (Wildman–Crippen MR) is 60.3 cm³/mol. The normalized spacial score (nSPS) is 11.6. The standard InChI is InChI=1S/C12H17F2NO/c1-12(2,3)6-7-16-11-9(15)5-4-8(13)10(11)14/h4-5H,6-7,15H2,1-3H3. The third-order valence-electron chi connectivity index (χ3n) is 2.18. The van der Waals surface area contributed by atoms with E-state index < -0.39 is 11.6 Å². The van der Waals surface area contributed by atoms with Crippen molar-refractivity contribution in [1.29, 1.82) is 0 Å². The molecule has 0 aromatic heterocycles. The van der Waals surface area contributed by atoms with Crippen LogP contribution >= 0.6 is 0 Å². The van der Waals surface area contributed by atoms with Gasteiger partial charge in [-0.3, -0.25) is 0 Å². The molecule has 0 spiro atoms. The smallest absolute Gasteiger partial charge is 0.202 e. The molecule has 2 nitrogen and oxygen atoms in total. The fourth-order valence-electron chi connectivity index (χ4n) is 1.15. The molecule has 1 rings (SSSR count). The molecule has 0 saturated carbocycles. The summed E-state index contributed by atoms with van der Waals surface area (Å²) >= 11 is 0. The van der Waals surface area contributed by atoms with Crippen LogP contribution in [-0.2, 0) is 0 Å². The third-order valence-corrected chi connectivity index (χ3v) is 2.18. The van der Waals surface area contributed by atoms with Crippen molar-refractivity contribution in [3.05, 3.63) is 23.8 Å². The minimum Gasteiger partial charge on any atom is -0.488 e. The lowest BCUT2D eigenvalue weighted by molar-refractivity contribution is 0.234. The number of anilines is 1. The van der Waals surface area contributed by atoms with E-state index >= 15 is 0 Å². The van der Waals surface area contributed by atoms with E-state index in [0.29, 0.717) is 6.61 Å². The highest BCUT2D eigenvalue weighted by Crippen LogP contribution is 2.28. The molecule has 0 radical (unpaired) electrons. The molecule has 4 heteroatoms. The molecule has 2 N–H and O–H groups in total. The Morgan fingerprint density at radius 3 is 2.44 bits per heavy atom. The average molecular weight is 229 g/mol. The van der Waals surface area contributed by atoms with Crippen LogP contribution in [0.15, 0.2) is 12.1 Å². The Labute approximate surface area is 94.4 Å². The number of halogens is 2. The molecule has 0 saturated heterocycles. The quantitative estimate of drug-likeness (QED) is 0.806. The fraction of sp³-hybridized carbons (Fsp3) is 0.500. The Morgan fingerprint density at radius 2 is 1.88 bits per heavy atom. The van der Waals surface area contributed by atoms with Gasteiger partial charge in [-0.1, -0.05) is 20.8 Å². The summed E-state index contributed by atoms with van der Waals surface area (Å²) in [5, 5.41) is 0. The fourth-order valence-corrected chi connectivity index (χ4v) is 1.15. The molecular weight excluding hydrogens is 212 g/mol. The zero-order valence-corrected chi connectivity index (χ0v) is 9.81. The summed E-state index contributed by atoms with van der Waals surface area (Å²) in [5.74, 6) is -2.15. The van der Waals surface area contributed by atoms with Gasteiger partial charge < -0.3 is 10.5 Å². The Bertz CT molecular complexity index is 372. The van der Waals surface area contributed by atoms with Gasteiger partial charge in [0.25, 0.3) is 0 Å². The van der Waals surface area contributed by atoms with Gasteiger partial charge in [-0.2, -0.15) is 4.39 Å². The second-order valence-electron chi connectivity index (χ2n) is 4.94. The van der Waals surface area contributed by atoms with Gasteiger partial charge in [0.05, 0.1) is 12.3 Å². The van der Waals surface area contributed by atoms with Gasteiger partial charge in [-0.25, -0.2) is 4.39 Å². The molecule has 0 unspecified atom stereocenters. The summed E-state index contributed by atoms with van der Waals surface area (Å²) < 4.78 is 31.4. The number of nitrogen functional groups attached to an aromatic ring is 1. The van der Waals surface area contributed by atoms with E-state index in [1.165, 1.54) is 6.07 Å². The molecule has 16 heavy (non-hydrogen) atoms. The lowest BCUT2D eigenvalue weighted by Crippen LogP contribution is -2.12. The molecule has 0 aliphatic carbocycles. The van der Waals surface area contributed by atoms with Gasteiger partial charge in [0, 0.05) is 0 Å². The van der Waals surface area contributed by atoms with Gasteiger partial charge in [0.2, 0.25) is 5.82 Å². The van der Waals surface area contributed by atoms with E-state index in [9.17, 15) is 8.78 Å². The molecule has 0 amide bonds. The van der Waals surface area contributed by atoms with Crippen LogP contribution in [0.1, 0.15) is 27.2 Å². The van der Waals surface area contributed by atoms with Crippen molar-refractivity contribution in [2.24, 2.45) is 5.41 Å². The van der Waals surface area contributed by atoms with Crippen molar-refractivity contribution in [3.63, 3.8) is 0 Å². The van der Waals surface area contributed by atoms with Crippen LogP contribution < -0.4 is 10.5 Å². The summed E-state index contributed by atoms with van der Waals surface area (Å²) in [6.45, 7) is 6.44. The van der Waals surface area contributed by atoms with Crippen LogP contribution in [0.25, 0.3) is 0 Å². The van der Waals surface area contributed by atoms with Gasteiger partial charge in [-0.15, -0.1) is 0 Å². The molecule has 0 fully saturated rings. The van der Waals surface area contributed by atoms with Crippen LogP contribution in [0.3, 0.4) is 0 Å². The first-order chi connectivity index (χ1) is 7.31. The SMILES string of the molecule is CC(C)(C)CCOc1c(N)ccc(F)c1F. The number of ether oxygens (including phenoxy) is 1. The Hall–Kier alpha value is -1.32. The Balaban J connectivity index is 2.71. The summed E-state index contributed by atoms with van der Waals surface area (Å²) in [5.41, 5.74) is 5.71. The van der Waals surface area contributed by atoms with E-state index in [2.05, 4.69) is 0 Å².